The average molecular weight is 273 g/mol. The van der Waals surface area contributed by atoms with E-state index in [4.69, 9.17) is 0 Å². The number of fused-ring (bicyclic) bond motifs is 1. The number of likely N-dealkylation sites (tertiary alicyclic amines) is 1. The van der Waals surface area contributed by atoms with Gasteiger partial charge in [-0.3, -0.25) is 4.90 Å². The first-order valence-electron chi connectivity index (χ1n) is 6.94. The predicted molar refractivity (Wildman–Crippen MR) is 70.9 cm³/mol. The van der Waals surface area contributed by atoms with Crippen LogP contribution in [0.1, 0.15) is 12.8 Å². The van der Waals surface area contributed by atoms with Gasteiger partial charge in [-0.25, -0.2) is 12.7 Å². The zero-order valence-corrected chi connectivity index (χ0v) is 11.8. The molecule has 0 aromatic rings. The Bertz CT molecular complexity index is 392. The van der Waals surface area contributed by atoms with Crippen molar-refractivity contribution in [2.45, 2.75) is 18.9 Å². The highest BCUT2D eigenvalue weighted by atomic mass is 32.2. The van der Waals surface area contributed by atoms with Crippen molar-refractivity contribution in [2.75, 3.05) is 45.5 Å². The number of nitrogens with one attached hydrogen (secondary N) is 1. The van der Waals surface area contributed by atoms with Crippen LogP contribution in [0.15, 0.2) is 0 Å². The van der Waals surface area contributed by atoms with Crippen LogP contribution in [0, 0.1) is 11.8 Å². The van der Waals surface area contributed by atoms with Crippen molar-refractivity contribution in [3.8, 4) is 0 Å². The van der Waals surface area contributed by atoms with Gasteiger partial charge in [-0.1, -0.05) is 0 Å². The van der Waals surface area contributed by atoms with Gasteiger partial charge in [0.2, 0.25) is 10.0 Å². The summed E-state index contributed by atoms with van der Waals surface area (Å²) >= 11 is 0. The molecule has 0 saturated carbocycles. The summed E-state index contributed by atoms with van der Waals surface area (Å²) in [4.78, 5) is 2.61. The molecule has 5 nitrogen and oxygen atoms in total. The number of hydrogen-bond donors (Lipinski definition) is 1. The lowest BCUT2D eigenvalue weighted by atomic mass is 10.0. The Labute approximate surface area is 110 Å². The molecule has 0 bridgehead atoms. The Kier molecular flexibility index (Phi) is 3.38. The predicted octanol–water partition coefficient (Wildman–Crippen LogP) is -0.438. The summed E-state index contributed by atoms with van der Waals surface area (Å²) < 4.78 is 24.6. The lowest BCUT2D eigenvalue weighted by molar-refractivity contribution is 0.159. The molecule has 3 aliphatic rings. The molecule has 104 valence electrons. The van der Waals surface area contributed by atoms with Crippen LogP contribution in [0.2, 0.25) is 0 Å². The second kappa shape index (κ2) is 4.74. The first-order chi connectivity index (χ1) is 8.54. The van der Waals surface area contributed by atoms with Gasteiger partial charge in [0.1, 0.15) is 0 Å². The molecule has 0 aliphatic carbocycles. The van der Waals surface area contributed by atoms with Crippen LogP contribution in [0.25, 0.3) is 0 Å². The number of piperidine rings is 1. The van der Waals surface area contributed by atoms with E-state index < -0.39 is 10.0 Å². The molecule has 0 amide bonds. The lowest BCUT2D eigenvalue weighted by Crippen LogP contribution is -2.46. The highest BCUT2D eigenvalue weighted by Gasteiger charge is 2.39. The van der Waals surface area contributed by atoms with Crippen LogP contribution >= 0.6 is 0 Å². The van der Waals surface area contributed by atoms with E-state index in [1.54, 1.807) is 4.31 Å². The van der Waals surface area contributed by atoms with E-state index in [1.807, 2.05) is 0 Å². The molecule has 0 aromatic heterocycles. The Balaban J connectivity index is 1.54. The minimum Gasteiger partial charge on any atom is -0.316 e. The maximum atomic E-state index is 11.5. The van der Waals surface area contributed by atoms with Crippen LogP contribution in [-0.4, -0.2) is 69.2 Å². The second-order valence-corrected chi connectivity index (χ2v) is 8.01. The third kappa shape index (κ3) is 2.43. The average Bonchev–Trinajstić information content (AvgIpc) is 2.88. The summed E-state index contributed by atoms with van der Waals surface area (Å²) in [6.07, 6.45) is 3.32. The molecule has 1 N–H and O–H groups in total. The summed E-state index contributed by atoms with van der Waals surface area (Å²) in [6.45, 7) is 6.16. The molecular formula is C12H23N3O2S. The fourth-order valence-electron chi connectivity index (χ4n) is 3.73. The number of nitrogens with zero attached hydrogens (tertiary/aromatic N) is 2. The van der Waals surface area contributed by atoms with E-state index in [0.717, 1.165) is 24.7 Å². The fourth-order valence-corrected chi connectivity index (χ4v) is 4.60. The number of hydrogen-bond acceptors (Lipinski definition) is 4. The number of rotatable bonds is 2. The van der Waals surface area contributed by atoms with E-state index >= 15 is 0 Å². The number of sulfonamides is 1. The summed E-state index contributed by atoms with van der Waals surface area (Å²) in [5, 5.41) is 3.46. The third-order valence-electron chi connectivity index (χ3n) is 4.83. The van der Waals surface area contributed by atoms with Crippen molar-refractivity contribution < 1.29 is 8.42 Å². The molecule has 3 heterocycles. The SMILES string of the molecule is CS(=O)(=O)N1CCC(N2C[C@H]3CNC[C@H]3C2)CC1. The standard InChI is InChI=1S/C12H23N3O2S/c1-18(16,17)15-4-2-12(3-5-15)14-8-10-6-13-7-11(10)9-14/h10-13H,2-9H2,1H3/t10-,11+. The van der Waals surface area contributed by atoms with E-state index in [1.165, 1.54) is 32.4 Å². The molecule has 18 heavy (non-hydrogen) atoms. The highest BCUT2D eigenvalue weighted by Crippen LogP contribution is 2.30. The first kappa shape index (κ1) is 12.8. The molecule has 3 saturated heterocycles. The van der Waals surface area contributed by atoms with Gasteiger partial charge in [-0.2, -0.15) is 0 Å². The Hall–Kier alpha value is -0.170. The van der Waals surface area contributed by atoms with Crippen molar-refractivity contribution in [1.29, 1.82) is 0 Å². The van der Waals surface area contributed by atoms with Gasteiger partial charge in [-0.05, 0) is 37.8 Å². The molecule has 0 unspecified atom stereocenters. The van der Waals surface area contributed by atoms with E-state index in [-0.39, 0.29) is 0 Å². The van der Waals surface area contributed by atoms with Gasteiger partial charge in [0, 0.05) is 32.2 Å². The van der Waals surface area contributed by atoms with Gasteiger partial charge < -0.3 is 5.32 Å². The van der Waals surface area contributed by atoms with Gasteiger partial charge in [0.15, 0.2) is 0 Å². The second-order valence-electron chi connectivity index (χ2n) is 6.03. The quantitative estimate of drug-likeness (QED) is 0.741. The van der Waals surface area contributed by atoms with Crippen LogP contribution in [0.5, 0.6) is 0 Å². The van der Waals surface area contributed by atoms with Crippen LogP contribution in [0.4, 0.5) is 0 Å². The topological polar surface area (TPSA) is 52.7 Å². The Morgan fingerprint density at radius 2 is 1.61 bits per heavy atom. The van der Waals surface area contributed by atoms with E-state index in [2.05, 4.69) is 10.2 Å². The molecule has 3 aliphatic heterocycles. The maximum absolute atomic E-state index is 11.5. The van der Waals surface area contributed by atoms with Crippen LogP contribution < -0.4 is 5.32 Å². The van der Waals surface area contributed by atoms with Gasteiger partial charge in [0.05, 0.1) is 6.26 Å². The monoisotopic (exact) mass is 273 g/mol. The highest BCUT2D eigenvalue weighted by molar-refractivity contribution is 7.88. The molecule has 0 radical (unpaired) electrons. The van der Waals surface area contributed by atoms with Gasteiger partial charge in [-0.15, -0.1) is 0 Å². The van der Waals surface area contributed by atoms with Gasteiger partial charge in [0.25, 0.3) is 0 Å². The fraction of sp³-hybridized carbons (Fsp3) is 1.00. The van der Waals surface area contributed by atoms with E-state index in [0.29, 0.717) is 19.1 Å². The minimum atomic E-state index is -2.98. The van der Waals surface area contributed by atoms with Crippen molar-refractivity contribution in [3.05, 3.63) is 0 Å². The largest absolute Gasteiger partial charge is 0.316 e. The zero-order chi connectivity index (χ0) is 12.8. The van der Waals surface area contributed by atoms with Gasteiger partial charge >= 0.3 is 0 Å². The molecule has 2 atom stereocenters. The van der Waals surface area contributed by atoms with Crippen LogP contribution in [0.3, 0.4) is 0 Å². The summed E-state index contributed by atoms with van der Waals surface area (Å²) in [7, 11) is -2.98. The van der Waals surface area contributed by atoms with Crippen LogP contribution in [-0.2, 0) is 10.0 Å². The van der Waals surface area contributed by atoms with Crippen molar-refractivity contribution >= 4 is 10.0 Å². The molecule has 3 fully saturated rings. The van der Waals surface area contributed by atoms with Crippen molar-refractivity contribution in [1.82, 2.24) is 14.5 Å². The molecule has 3 rings (SSSR count). The summed E-state index contributed by atoms with van der Waals surface area (Å²) in [5.74, 6) is 1.66. The smallest absolute Gasteiger partial charge is 0.211 e. The van der Waals surface area contributed by atoms with E-state index in [9.17, 15) is 8.42 Å². The van der Waals surface area contributed by atoms with Crippen molar-refractivity contribution in [3.63, 3.8) is 0 Å². The Morgan fingerprint density at radius 3 is 2.11 bits per heavy atom. The molecule has 0 aromatic carbocycles. The molecular weight excluding hydrogens is 250 g/mol. The molecule has 0 spiro atoms. The normalized spacial score (nSPS) is 36.1. The lowest BCUT2D eigenvalue weighted by Gasteiger charge is -2.36. The summed E-state index contributed by atoms with van der Waals surface area (Å²) in [5.41, 5.74) is 0. The third-order valence-corrected chi connectivity index (χ3v) is 6.13. The minimum absolute atomic E-state index is 0.605. The zero-order valence-electron chi connectivity index (χ0n) is 11.0. The maximum Gasteiger partial charge on any atom is 0.211 e. The summed E-state index contributed by atoms with van der Waals surface area (Å²) in [6, 6.07) is 0.605. The molecule has 6 heteroatoms. The van der Waals surface area contributed by atoms with Crippen molar-refractivity contribution in [2.24, 2.45) is 11.8 Å². The Morgan fingerprint density at radius 1 is 1.06 bits per heavy atom. The first-order valence-corrected chi connectivity index (χ1v) is 8.79.